The quantitative estimate of drug-likeness (QED) is 0.122. The molecule has 10 rings (SSSR count). The van der Waals surface area contributed by atoms with Gasteiger partial charge in [-0.05, 0) is 136 Å². The van der Waals surface area contributed by atoms with E-state index in [0.29, 0.717) is 37.2 Å². The summed E-state index contributed by atoms with van der Waals surface area (Å²) in [4.78, 5) is 20.8. The smallest absolute Gasteiger partial charge is 0.151 e. The van der Waals surface area contributed by atoms with Gasteiger partial charge in [-0.15, -0.1) is 0 Å². The second kappa shape index (κ2) is 14.0. The number of aromatic amines is 2. The van der Waals surface area contributed by atoms with Crippen molar-refractivity contribution in [3.63, 3.8) is 0 Å². The van der Waals surface area contributed by atoms with Crippen LogP contribution in [0.25, 0.3) is 22.1 Å². The van der Waals surface area contributed by atoms with Crippen molar-refractivity contribution in [1.82, 2.24) is 30.6 Å². The number of rotatable bonds is 7. The maximum Gasteiger partial charge on any atom is 0.151 e. The summed E-state index contributed by atoms with van der Waals surface area (Å²) in [7, 11) is 0. The van der Waals surface area contributed by atoms with E-state index in [-0.39, 0.29) is 35.8 Å². The second-order valence-electron chi connectivity index (χ2n) is 15.8. The van der Waals surface area contributed by atoms with Gasteiger partial charge < -0.3 is 30.4 Å². The minimum Gasteiger partial charge on any atom is -0.367 e. The lowest BCUT2D eigenvalue weighted by Gasteiger charge is -2.36. The molecule has 4 atom stereocenters. The molecule has 4 N–H and O–H groups in total. The molecule has 2 aromatic heterocycles. The molecule has 6 aromatic rings. The summed E-state index contributed by atoms with van der Waals surface area (Å²) in [6.45, 7) is 2.70. The van der Waals surface area contributed by atoms with Crippen molar-refractivity contribution in [2.24, 2.45) is 0 Å². The van der Waals surface area contributed by atoms with Gasteiger partial charge in [0.2, 0.25) is 0 Å². The lowest BCUT2D eigenvalue weighted by molar-refractivity contribution is 0.480. The zero-order chi connectivity index (χ0) is 37.2. The average molecular weight is 749 g/mol. The molecule has 4 aliphatic heterocycles. The van der Waals surface area contributed by atoms with Gasteiger partial charge in [0, 0.05) is 24.8 Å². The van der Waals surface area contributed by atoms with Crippen molar-refractivity contribution in [1.29, 1.82) is 0 Å². The highest BCUT2D eigenvalue weighted by atomic mass is 19.1. The Morgan fingerprint density at radius 2 is 1.09 bits per heavy atom. The molecule has 0 unspecified atom stereocenters. The number of aromatic nitrogens is 4. The van der Waals surface area contributed by atoms with Crippen LogP contribution in [-0.4, -0.2) is 46.1 Å². The highest BCUT2D eigenvalue weighted by Crippen LogP contribution is 2.49. The van der Waals surface area contributed by atoms with E-state index in [4.69, 9.17) is 9.97 Å². The van der Waals surface area contributed by atoms with Crippen molar-refractivity contribution >= 4 is 33.4 Å². The second-order valence-corrected chi connectivity index (χ2v) is 15.8. The van der Waals surface area contributed by atoms with Crippen LogP contribution in [0, 0.1) is 23.3 Å². The molecule has 0 amide bonds. The Hall–Kier alpha value is -4.94. The van der Waals surface area contributed by atoms with E-state index in [1.165, 1.54) is 24.3 Å². The standard InChI is InChI=1S/C43H44F4N8/c44-28-17-27(18-29(45)21-28)24-11-15-54(16-12-24)41-31(46)22-30(23-32(41)47)55-39(25-5-7-33-37(19-25)52-42(50-33)35-3-1-13-48-35)9-10-40(55)26-6-8-34-38(20-26)53-43(51-34)36-4-2-14-49-36/h5-8,17-24,35-36,39-40,48-49H,1-4,9-16H2,(H,50,52)(H,51,53)/t35-,36-,39-,40+/m0/s1. The topological polar surface area (TPSA) is 87.9 Å². The number of hydrogen-bond donors (Lipinski definition) is 4. The van der Waals surface area contributed by atoms with Crippen LogP contribution in [0.15, 0.2) is 66.7 Å². The number of benzene rings is 4. The predicted octanol–water partition coefficient (Wildman–Crippen LogP) is 9.31. The first-order valence-electron chi connectivity index (χ1n) is 19.8. The maximum atomic E-state index is 16.4. The van der Waals surface area contributed by atoms with E-state index < -0.39 is 23.3 Å². The number of piperidine rings is 1. The Morgan fingerprint density at radius 3 is 1.58 bits per heavy atom. The van der Waals surface area contributed by atoms with Crippen molar-refractivity contribution in [3.8, 4) is 0 Å². The molecule has 55 heavy (non-hydrogen) atoms. The summed E-state index contributed by atoms with van der Waals surface area (Å²) in [5.41, 5.74) is 6.83. The Morgan fingerprint density at radius 1 is 0.564 bits per heavy atom. The Kier molecular flexibility index (Phi) is 8.77. The molecule has 8 nitrogen and oxygen atoms in total. The average Bonchev–Trinajstić information content (AvgIpc) is 4.02. The Labute approximate surface area is 316 Å². The van der Waals surface area contributed by atoms with Crippen LogP contribution in [0.5, 0.6) is 0 Å². The Bertz CT molecular complexity index is 2220. The summed E-state index contributed by atoms with van der Waals surface area (Å²) in [6.07, 6.45) is 6.97. The fraction of sp³-hybridized carbons (Fsp3) is 0.395. The van der Waals surface area contributed by atoms with Crippen LogP contribution in [-0.2, 0) is 0 Å². The lowest BCUT2D eigenvalue weighted by Crippen LogP contribution is -2.34. The number of hydrogen-bond acceptors (Lipinski definition) is 6. The summed E-state index contributed by atoms with van der Waals surface area (Å²) in [6, 6.07) is 19.3. The minimum atomic E-state index is -0.620. The van der Waals surface area contributed by atoms with Crippen LogP contribution in [0.4, 0.5) is 28.9 Å². The molecule has 0 radical (unpaired) electrons. The van der Waals surface area contributed by atoms with Crippen molar-refractivity contribution in [3.05, 3.63) is 118 Å². The van der Waals surface area contributed by atoms with Gasteiger partial charge in [0.15, 0.2) is 11.6 Å². The van der Waals surface area contributed by atoms with Crippen LogP contribution >= 0.6 is 0 Å². The molecule has 4 aliphatic rings. The van der Waals surface area contributed by atoms with Crippen molar-refractivity contribution < 1.29 is 17.6 Å². The molecule has 12 heteroatoms. The number of halogens is 4. The van der Waals surface area contributed by atoms with Gasteiger partial charge in [-0.2, -0.15) is 0 Å². The summed E-state index contributed by atoms with van der Waals surface area (Å²) < 4.78 is 60.7. The summed E-state index contributed by atoms with van der Waals surface area (Å²) in [5.74, 6) is -0.677. The largest absolute Gasteiger partial charge is 0.367 e. The third kappa shape index (κ3) is 6.42. The predicted molar refractivity (Wildman–Crippen MR) is 206 cm³/mol. The van der Waals surface area contributed by atoms with Crippen molar-refractivity contribution in [2.75, 3.05) is 36.0 Å². The number of anilines is 2. The van der Waals surface area contributed by atoms with Crippen LogP contribution in [0.3, 0.4) is 0 Å². The molecule has 0 aliphatic carbocycles. The third-order valence-electron chi connectivity index (χ3n) is 12.5. The highest BCUT2D eigenvalue weighted by molar-refractivity contribution is 5.78. The number of imidazole rings is 2. The van der Waals surface area contributed by atoms with Gasteiger partial charge in [0.05, 0.1) is 46.2 Å². The van der Waals surface area contributed by atoms with E-state index >= 15 is 8.78 Å². The number of fused-ring (bicyclic) bond motifs is 2. The molecule has 4 saturated heterocycles. The molecule has 0 spiro atoms. The van der Waals surface area contributed by atoms with Gasteiger partial charge in [-0.25, -0.2) is 27.5 Å². The van der Waals surface area contributed by atoms with Gasteiger partial charge in [-0.3, -0.25) is 0 Å². The first-order chi connectivity index (χ1) is 26.8. The summed E-state index contributed by atoms with van der Waals surface area (Å²) >= 11 is 0. The minimum absolute atomic E-state index is 0.0567. The monoisotopic (exact) mass is 748 g/mol. The molecule has 6 heterocycles. The van der Waals surface area contributed by atoms with Gasteiger partial charge in [0.1, 0.15) is 29.0 Å². The summed E-state index contributed by atoms with van der Waals surface area (Å²) in [5, 5.41) is 7.05. The molecular weight excluding hydrogens is 705 g/mol. The van der Waals surface area contributed by atoms with Crippen molar-refractivity contribution in [2.45, 2.75) is 81.5 Å². The SMILES string of the molecule is Fc1cc(F)cc(C2CCN(c3c(F)cc(N4[C@@H](c5ccc6nc([C@@H]7CCCN7)[nH]c6c5)CC[C@H]4c4ccc5nc([C@@H]6CCCN6)[nH]c5c4)cc3F)CC2)c1. The van der Waals surface area contributed by atoms with Crippen LogP contribution in [0.1, 0.15) is 110 Å². The zero-order valence-electron chi connectivity index (χ0n) is 30.5. The van der Waals surface area contributed by atoms with E-state index in [1.807, 2.05) is 12.1 Å². The molecule has 284 valence electrons. The Balaban J connectivity index is 0.984. The number of H-pyrrole nitrogens is 2. The number of nitrogens with one attached hydrogen (secondary N) is 4. The lowest BCUT2D eigenvalue weighted by atomic mass is 9.89. The van der Waals surface area contributed by atoms with Gasteiger partial charge in [-0.1, -0.05) is 12.1 Å². The molecule has 0 saturated carbocycles. The fourth-order valence-corrected chi connectivity index (χ4v) is 9.75. The van der Waals surface area contributed by atoms with E-state index in [0.717, 1.165) is 103 Å². The van der Waals surface area contributed by atoms with E-state index in [9.17, 15) is 8.78 Å². The first kappa shape index (κ1) is 34.5. The van der Waals surface area contributed by atoms with Gasteiger partial charge >= 0.3 is 0 Å². The molecule has 4 fully saturated rings. The molecule has 4 aromatic carbocycles. The fourth-order valence-electron chi connectivity index (χ4n) is 9.75. The molecule has 0 bridgehead atoms. The molecular formula is C43H44F4N8. The zero-order valence-corrected chi connectivity index (χ0v) is 30.5. The normalized spacial score (nSPS) is 23.6. The van der Waals surface area contributed by atoms with E-state index in [1.54, 1.807) is 4.90 Å². The van der Waals surface area contributed by atoms with E-state index in [2.05, 4.69) is 49.8 Å². The maximum absolute atomic E-state index is 16.4. The first-order valence-corrected chi connectivity index (χ1v) is 19.8. The third-order valence-corrected chi connectivity index (χ3v) is 12.5. The number of nitrogens with zero attached hydrogens (tertiary/aromatic N) is 4. The highest BCUT2D eigenvalue weighted by Gasteiger charge is 2.38. The van der Waals surface area contributed by atoms with Crippen LogP contribution in [0.2, 0.25) is 0 Å². The van der Waals surface area contributed by atoms with Crippen LogP contribution < -0.4 is 20.4 Å². The van der Waals surface area contributed by atoms with Gasteiger partial charge in [0.25, 0.3) is 0 Å².